The number of fused-ring (bicyclic) bond motifs is 1. The molecule has 0 radical (unpaired) electrons. The largest absolute Gasteiger partial charge is 0.494 e. The molecular formula is C16H15F4N3O2. The Morgan fingerprint density at radius 3 is 2.76 bits per heavy atom. The van der Waals surface area contributed by atoms with Gasteiger partial charge in [-0.1, -0.05) is 6.07 Å². The highest BCUT2D eigenvalue weighted by molar-refractivity contribution is 5.29. The van der Waals surface area contributed by atoms with Crippen LogP contribution in [0.25, 0.3) is 0 Å². The molecular weight excluding hydrogens is 342 g/mol. The number of rotatable bonds is 3. The van der Waals surface area contributed by atoms with Crippen LogP contribution in [-0.2, 0) is 25.7 Å². The minimum atomic E-state index is -4.71. The number of hydrogen-bond acceptors (Lipinski definition) is 4. The van der Waals surface area contributed by atoms with E-state index in [2.05, 4.69) is 4.98 Å². The van der Waals surface area contributed by atoms with E-state index in [9.17, 15) is 22.4 Å². The van der Waals surface area contributed by atoms with Crippen LogP contribution in [0, 0.1) is 5.82 Å². The number of alkyl halides is 3. The number of halogens is 4. The first-order valence-corrected chi connectivity index (χ1v) is 7.52. The third-order valence-electron chi connectivity index (χ3n) is 4.04. The summed E-state index contributed by atoms with van der Waals surface area (Å²) in [6, 6.07) is 4.50. The number of methoxy groups -OCH3 is 1. The summed E-state index contributed by atoms with van der Waals surface area (Å²) < 4.78 is 57.0. The molecule has 0 saturated heterocycles. The quantitative estimate of drug-likeness (QED) is 0.858. The van der Waals surface area contributed by atoms with E-state index in [1.807, 2.05) is 4.90 Å². The summed E-state index contributed by atoms with van der Waals surface area (Å²) in [5, 5.41) is 0. The van der Waals surface area contributed by atoms with Gasteiger partial charge in [-0.25, -0.2) is 9.37 Å². The third-order valence-corrected chi connectivity index (χ3v) is 4.04. The predicted octanol–water partition coefficient (Wildman–Crippen LogP) is 2.49. The van der Waals surface area contributed by atoms with E-state index < -0.39 is 23.4 Å². The summed E-state index contributed by atoms with van der Waals surface area (Å²) in [7, 11) is 1.36. The van der Waals surface area contributed by atoms with Gasteiger partial charge in [-0.2, -0.15) is 13.2 Å². The normalized spacial score (nSPS) is 15.1. The summed E-state index contributed by atoms with van der Waals surface area (Å²) in [5.41, 5.74) is 0.275. The van der Waals surface area contributed by atoms with Crippen LogP contribution in [0.5, 0.6) is 5.75 Å². The number of aromatic amines is 1. The van der Waals surface area contributed by atoms with E-state index in [-0.39, 0.29) is 30.0 Å². The van der Waals surface area contributed by atoms with Gasteiger partial charge < -0.3 is 9.72 Å². The molecule has 1 aromatic carbocycles. The van der Waals surface area contributed by atoms with Crippen molar-refractivity contribution in [1.82, 2.24) is 14.9 Å². The molecule has 1 aliphatic heterocycles. The van der Waals surface area contributed by atoms with Gasteiger partial charge in [0.25, 0.3) is 5.56 Å². The highest BCUT2D eigenvalue weighted by Gasteiger charge is 2.36. The number of aromatic nitrogens is 2. The fourth-order valence-electron chi connectivity index (χ4n) is 2.83. The van der Waals surface area contributed by atoms with Crippen LogP contribution in [0.3, 0.4) is 0 Å². The lowest BCUT2D eigenvalue weighted by atomic mass is 10.1. The molecule has 0 saturated carbocycles. The van der Waals surface area contributed by atoms with Crippen molar-refractivity contribution in [3.63, 3.8) is 0 Å². The fourth-order valence-corrected chi connectivity index (χ4v) is 2.83. The molecule has 0 fully saturated rings. The van der Waals surface area contributed by atoms with Crippen LogP contribution >= 0.6 is 0 Å². The summed E-state index contributed by atoms with van der Waals surface area (Å²) in [6.07, 6.45) is -4.43. The van der Waals surface area contributed by atoms with E-state index in [1.165, 1.54) is 19.2 Å². The Morgan fingerprint density at radius 2 is 2.12 bits per heavy atom. The minimum absolute atomic E-state index is 0.0932. The zero-order valence-electron chi connectivity index (χ0n) is 13.3. The zero-order chi connectivity index (χ0) is 18.2. The first-order chi connectivity index (χ1) is 11.8. The Labute approximate surface area is 140 Å². The van der Waals surface area contributed by atoms with Crippen molar-refractivity contribution in [2.24, 2.45) is 0 Å². The van der Waals surface area contributed by atoms with Gasteiger partial charge in [0, 0.05) is 25.2 Å². The van der Waals surface area contributed by atoms with Crippen molar-refractivity contribution in [3.8, 4) is 5.75 Å². The molecule has 0 unspecified atom stereocenters. The van der Waals surface area contributed by atoms with Crippen LogP contribution in [-0.4, -0.2) is 28.5 Å². The Hall–Kier alpha value is -2.42. The van der Waals surface area contributed by atoms with Crippen molar-refractivity contribution in [3.05, 3.63) is 57.0 Å². The van der Waals surface area contributed by atoms with Gasteiger partial charge in [-0.3, -0.25) is 9.69 Å². The van der Waals surface area contributed by atoms with Crippen LogP contribution in [0.15, 0.2) is 23.0 Å². The number of hydrogen-bond donors (Lipinski definition) is 1. The third kappa shape index (κ3) is 3.65. The van der Waals surface area contributed by atoms with Crippen molar-refractivity contribution >= 4 is 0 Å². The van der Waals surface area contributed by atoms with Gasteiger partial charge in [0.2, 0.25) is 5.82 Å². The zero-order valence-corrected chi connectivity index (χ0v) is 13.3. The highest BCUT2D eigenvalue weighted by atomic mass is 19.4. The maximum atomic E-state index is 13.8. The first kappa shape index (κ1) is 17.4. The molecule has 25 heavy (non-hydrogen) atoms. The van der Waals surface area contributed by atoms with Crippen LogP contribution in [0.1, 0.15) is 22.6 Å². The number of H-pyrrole nitrogens is 1. The highest BCUT2D eigenvalue weighted by Crippen LogP contribution is 2.27. The first-order valence-electron chi connectivity index (χ1n) is 7.52. The van der Waals surface area contributed by atoms with Crippen LogP contribution in [0.2, 0.25) is 0 Å². The molecule has 0 spiro atoms. The molecule has 1 N–H and O–H groups in total. The lowest BCUT2D eigenvalue weighted by Crippen LogP contribution is -2.36. The molecule has 2 heterocycles. The molecule has 3 rings (SSSR count). The topological polar surface area (TPSA) is 58.2 Å². The second-order valence-electron chi connectivity index (χ2n) is 5.77. The summed E-state index contributed by atoms with van der Waals surface area (Å²) >= 11 is 0. The van der Waals surface area contributed by atoms with Crippen LogP contribution in [0.4, 0.5) is 17.6 Å². The molecule has 0 amide bonds. The molecule has 2 aromatic rings. The number of benzene rings is 1. The van der Waals surface area contributed by atoms with Gasteiger partial charge in [-0.05, 0) is 24.1 Å². The summed E-state index contributed by atoms with van der Waals surface area (Å²) in [6.45, 7) is 0.892. The van der Waals surface area contributed by atoms with Crippen LogP contribution < -0.4 is 10.3 Å². The second-order valence-corrected chi connectivity index (χ2v) is 5.77. The lowest BCUT2D eigenvalue weighted by Gasteiger charge is -2.28. The summed E-state index contributed by atoms with van der Waals surface area (Å²) in [4.78, 5) is 19.0. The van der Waals surface area contributed by atoms with Gasteiger partial charge >= 0.3 is 6.18 Å². The van der Waals surface area contributed by atoms with E-state index in [0.29, 0.717) is 18.7 Å². The molecule has 1 aliphatic rings. The fraction of sp³-hybridized carbons (Fsp3) is 0.375. The predicted molar refractivity (Wildman–Crippen MR) is 80.6 cm³/mol. The molecule has 0 aliphatic carbocycles. The van der Waals surface area contributed by atoms with Crippen molar-refractivity contribution < 1.29 is 22.3 Å². The van der Waals surface area contributed by atoms with E-state index in [1.54, 1.807) is 11.1 Å². The Balaban J connectivity index is 1.82. The van der Waals surface area contributed by atoms with E-state index >= 15 is 0 Å². The van der Waals surface area contributed by atoms with Crippen molar-refractivity contribution in [2.75, 3.05) is 13.7 Å². The smallest absolute Gasteiger partial charge is 0.449 e. The van der Waals surface area contributed by atoms with Gasteiger partial charge in [-0.15, -0.1) is 0 Å². The Morgan fingerprint density at radius 1 is 1.36 bits per heavy atom. The van der Waals surface area contributed by atoms with E-state index in [0.717, 1.165) is 0 Å². The monoisotopic (exact) mass is 357 g/mol. The van der Waals surface area contributed by atoms with Crippen molar-refractivity contribution in [2.45, 2.75) is 25.7 Å². The van der Waals surface area contributed by atoms with Gasteiger partial charge in [0.05, 0.1) is 12.8 Å². The Kier molecular flexibility index (Phi) is 4.51. The molecule has 0 atom stereocenters. The molecule has 134 valence electrons. The average Bonchev–Trinajstić information content (AvgIpc) is 2.54. The molecule has 1 aromatic heterocycles. The van der Waals surface area contributed by atoms with E-state index in [4.69, 9.17) is 4.74 Å². The summed E-state index contributed by atoms with van der Waals surface area (Å²) in [5.74, 6) is -1.68. The number of nitrogens with zero attached hydrogens (tertiary/aromatic N) is 2. The van der Waals surface area contributed by atoms with Gasteiger partial charge in [0.15, 0.2) is 11.6 Å². The minimum Gasteiger partial charge on any atom is -0.494 e. The van der Waals surface area contributed by atoms with Gasteiger partial charge in [0.1, 0.15) is 0 Å². The SMILES string of the molecule is COc1ccc(CN2CCc3c(nc(C(F)(F)F)[nH]c3=O)C2)cc1F. The van der Waals surface area contributed by atoms with Crippen molar-refractivity contribution in [1.29, 1.82) is 0 Å². The maximum absolute atomic E-state index is 13.8. The lowest BCUT2D eigenvalue weighted by molar-refractivity contribution is -0.145. The Bertz CT molecular complexity index is 848. The second kappa shape index (κ2) is 6.47. The number of ether oxygens (including phenoxy) is 1. The standard InChI is InChI=1S/C16H15F4N3O2/c1-25-13-3-2-9(6-11(13)17)7-23-5-4-10-12(8-23)21-15(16(18,19)20)22-14(10)24/h2-3,6H,4-5,7-8H2,1H3,(H,21,22,24). The maximum Gasteiger partial charge on any atom is 0.449 e. The number of nitrogens with one attached hydrogen (secondary N) is 1. The molecule has 5 nitrogen and oxygen atoms in total. The molecule has 9 heteroatoms. The average molecular weight is 357 g/mol. The molecule has 0 bridgehead atoms.